The number of aromatic nitrogens is 2. The van der Waals surface area contributed by atoms with Crippen molar-refractivity contribution in [2.45, 2.75) is 38.2 Å². The van der Waals surface area contributed by atoms with Crippen molar-refractivity contribution < 1.29 is 4.74 Å². The maximum absolute atomic E-state index is 11.7. The van der Waals surface area contributed by atoms with Crippen molar-refractivity contribution in [3.8, 4) is 6.07 Å². The molecule has 1 aromatic rings. The molecule has 1 aromatic heterocycles. The van der Waals surface area contributed by atoms with Gasteiger partial charge in [-0.15, -0.1) is 0 Å². The largest absolute Gasteiger partial charge is 0.370 e. The summed E-state index contributed by atoms with van der Waals surface area (Å²) in [6.07, 6.45) is 5.13. The molecular formula is C13H17N3O2. The number of rotatable bonds is 2. The molecule has 5 heteroatoms. The quantitative estimate of drug-likeness (QED) is 0.862. The van der Waals surface area contributed by atoms with Gasteiger partial charge in [0.2, 0.25) is 0 Å². The number of nitrogens with zero attached hydrogens (tertiary/aromatic N) is 2. The van der Waals surface area contributed by atoms with Gasteiger partial charge in [0.05, 0.1) is 6.20 Å². The first-order valence-electron chi connectivity index (χ1n) is 6.16. The second kappa shape index (κ2) is 4.91. The molecule has 0 atom stereocenters. The topological polar surface area (TPSA) is 78.8 Å². The Bertz CT molecular complexity index is 522. The summed E-state index contributed by atoms with van der Waals surface area (Å²) in [6.45, 7) is 2.22. The average Bonchev–Trinajstić information content (AvgIpc) is 2.40. The molecule has 1 aliphatic carbocycles. The number of aromatic amines is 1. The molecule has 1 saturated carbocycles. The number of nitriles is 1. The molecule has 1 N–H and O–H groups in total. The summed E-state index contributed by atoms with van der Waals surface area (Å²) in [6, 6.07) is 1.82. The second-order valence-corrected chi connectivity index (χ2v) is 4.97. The van der Waals surface area contributed by atoms with E-state index in [1.165, 1.54) is 6.20 Å². The lowest BCUT2D eigenvalue weighted by Crippen LogP contribution is -2.37. The maximum Gasteiger partial charge on any atom is 0.268 e. The average molecular weight is 247 g/mol. The van der Waals surface area contributed by atoms with Gasteiger partial charge < -0.3 is 9.72 Å². The number of methoxy groups -OCH3 is 1. The molecule has 0 aromatic carbocycles. The standard InChI is InChI=1S/C13H17N3O2/c1-9-3-5-13(18-2,6-4-9)12-15-8-10(7-14)11(17)16-12/h8-9H,3-6H2,1-2H3,(H,15,16,17). The molecule has 0 unspecified atom stereocenters. The Hall–Kier alpha value is -1.67. The van der Waals surface area contributed by atoms with Crippen LogP contribution in [0.3, 0.4) is 0 Å². The summed E-state index contributed by atoms with van der Waals surface area (Å²) in [4.78, 5) is 18.6. The summed E-state index contributed by atoms with van der Waals surface area (Å²) in [5.41, 5.74) is -0.855. The molecule has 96 valence electrons. The van der Waals surface area contributed by atoms with E-state index in [-0.39, 0.29) is 5.56 Å². The van der Waals surface area contributed by atoms with Crippen molar-refractivity contribution in [1.82, 2.24) is 9.97 Å². The number of hydrogen-bond donors (Lipinski definition) is 1. The summed E-state index contributed by atoms with van der Waals surface area (Å²) < 4.78 is 5.63. The molecule has 18 heavy (non-hydrogen) atoms. The molecule has 1 heterocycles. The summed E-state index contributed by atoms with van der Waals surface area (Å²) in [7, 11) is 1.65. The second-order valence-electron chi connectivity index (χ2n) is 4.97. The summed E-state index contributed by atoms with van der Waals surface area (Å²) in [5.74, 6) is 1.22. The Balaban J connectivity index is 2.37. The third-order valence-corrected chi connectivity index (χ3v) is 3.82. The Morgan fingerprint density at radius 3 is 2.72 bits per heavy atom. The van der Waals surface area contributed by atoms with Crippen molar-refractivity contribution in [1.29, 1.82) is 5.26 Å². The van der Waals surface area contributed by atoms with E-state index < -0.39 is 11.2 Å². The molecule has 5 nitrogen and oxygen atoms in total. The van der Waals surface area contributed by atoms with Crippen LogP contribution in [0.1, 0.15) is 44.0 Å². The van der Waals surface area contributed by atoms with Crippen LogP contribution in [0.4, 0.5) is 0 Å². The van der Waals surface area contributed by atoms with Crippen LogP contribution >= 0.6 is 0 Å². The highest BCUT2D eigenvalue weighted by atomic mass is 16.5. The smallest absolute Gasteiger partial charge is 0.268 e. The molecule has 0 aliphatic heterocycles. The van der Waals surface area contributed by atoms with Crippen LogP contribution in [0.2, 0.25) is 0 Å². The van der Waals surface area contributed by atoms with Crippen molar-refractivity contribution in [3.05, 3.63) is 27.9 Å². The van der Waals surface area contributed by atoms with Crippen LogP contribution in [0.15, 0.2) is 11.0 Å². The maximum atomic E-state index is 11.7. The number of hydrogen-bond acceptors (Lipinski definition) is 4. The highest BCUT2D eigenvalue weighted by Gasteiger charge is 2.38. The van der Waals surface area contributed by atoms with Crippen LogP contribution in [-0.2, 0) is 10.3 Å². The monoisotopic (exact) mass is 247 g/mol. The first-order chi connectivity index (χ1) is 8.61. The minimum atomic E-state index is -0.500. The van der Waals surface area contributed by atoms with E-state index in [1.807, 2.05) is 6.07 Å². The molecule has 2 rings (SSSR count). The molecule has 0 spiro atoms. The fourth-order valence-electron chi connectivity index (χ4n) is 2.47. The highest BCUT2D eigenvalue weighted by Crippen LogP contribution is 2.40. The molecule has 1 fully saturated rings. The van der Waals surface area contributed by atoms with Crippen molar-refractivity contribution in [2.24, 2.45) is 5.92 Å². The van der Waals surface area contributed by atoms with E-state index in [2.05, 4.69) is 16.9 Å². The fraction of sp³-hybridized carbons (Fsp3) is 0.615. The minimum Gasteiger partial charge on any atom is -0.370 e. The third-order valence-electron chi connectivity index (χ3n) is 3.82. The Morgan fingerprint density at radius 2 is 2.22 bits per heavy atom. The van der Waals surface area contributed by atoms with Gasteiger partial charge in [-0.05, 0) is 31.6 Å². The van der Waals surface area contributed by atoms with Crippen LogP contribution in [0, 0.1) is 17.2 Å². The zero-order valence-electron chi connectivity index (χ0n) is 10.7. The first kappa shape index (κ1) is 12.8. The molecule has 0 bridgehead atoms. The van der Waals surface area contributed by atoms with Gasteiger partial charge in [-0.25, -0.2) is 4.98 Å². The van der Waals surface area contributed by atoms with E-state index in [4.69, 9.17) is 10.00 Å². The van der Waals surface area contributed by atoms with Gasteiger partial charge in [0.1, 0.15) is 23.1 Å². The highest BCUT2D eigenvalue weighted by molar-refractivity contribution is 5.23. The normalized spacial score (nSPS) is 27.7. The summed E-state index contributed by atoms with van der Waals surface area (Å²) in [5, 5.41) is 8.73. The van der Waals surface area contributed by atoms with Crippen LogP contribution in [0.25, 0.3) is 0 Å². The van der Waals surface area contributed by atoms with Gasteiger partial charge in [-0.1, -0.05) is 6.92 Å². The van der Waals surface area contributed by atoms with Crippen LogP contribution in [-0.4, -0.2) is 17.1 Å². The lowest BCUT2D eigenvalue weighted by atomic mass is 9.79. The van der Waals surface area contributed by atoms with Crippen molar-refractivity contribution >= 4 is 0 Å². The van der Waals surface area contributed by atoms with E-state index in [0.29, 0.717) is 11.7 Å². The lowest BCUT2D eigenvalue weighted by molar-refractivity contribution is -0.0599. The van der Waals surface area contributed by atoms with Gasteiger partial charge in [0.15, 0.2) is 0 Å². The Labute approximate surface area is 106 Å². The van der Waals surface area contributed by atoms with E-state index in [9.17, 15) is 4.79 Å². The number of nitrogens with one attached hydrogen (secondary N) is 1. The molecule has 0 saturated heterocycles. The van der Waals surface area contributed by atoms with Crippen molar-refractivity contribution in [2.75, 3.05) is 7.11 Å². The Kier molecular flexibility index (Phi) is 3.48. The fourth-order valence-corrected chi connectivity index (χ4v) is 2.47. The first-order valence-corrected chi connectivity index (χ1v) is 6.16. The van der Waals surface area contributed by atoms with Crippen molar-refractivity contribution in [3.63, 3.8) is 0 Å². The van der Waals surface area contributed by atoms with Gasteiger partial charge in [-0.3, -0.25) is 4.79 Å². The minimum absolute atomic E-state index is 0.0363. The number of H-pyrrole nitrogens is 1. The molecular weight excluding hydrogens is 230 g/mol. The van der Waals surface area contributed by atoms with E-state index >= 15 is 0 Å². The van der Waals surface area contributed by atoms with Gasteiger partial charge in [0.25, 0.3) is 5.56 Å². The predicted molar refractivity (Wildman–Crippen MR) is 65.9 cm³/mol. The predicted octanol–water partition coefficient (Wildman–Crippen LogP) is 1.69. The number of ether oxygens (including phenoxy) is 1. The Morgan fingerprint density at radius 1 is 1.56 bits per heavy atom. The summed E-state index contributed by atoms with van der Waals surface area (Å²) >= 11 is 0. The molecule has 0 radical (unpaired) electrons. The lowest BCUT2D eigenvalue weighted by Gasteiger charge is -2.37. The third kappa shape index (κ3) is 2.16. The zero-order valence-corrected chi connectivity index (χ0v) is 10.7. The zero-order chi connectivity index (χ0) is 13.2. The molecule has 1 aliphatic rings. The van der Waals surface area contributed by atoms with Gasteiger partial charge >= 0.3 is 0 Å². The van der Waals surface area contributed by atoms with E-state index in [1.54, 1.807) is 7.11 Å². The van der Waals surface area contributed by atoms with E-state index in [0.717, 1.165) is 25.7 Å². The van der Waals surface area contributed by atoms with Gasteiger partial charge in [0, 0.05) is 7.11 Å². The van der Waals surface area contributed by atoms with Crippen LogP contribution in [0.5, 0.6) is 0 Å². The van der Waals surface area contributed by atoms with Crippen LogP contribution < -0.4 is 5.56 Å². The molecule has 0 amide bonds. The van der Waals surface area contributed by atoms with Gasteiger partial charge in [-0.2, -0.15) is 5.26 Å². The SMILES string of the molecule is COC1(c2ncc(C#N)c(=O)[nH]2)CCC(C)CC1.